The van der Waals surface area contributed by atoms with E-state index in [-0.39, 0.29) is 11.3 Å². The summed E-state index contributed by atoms with van der Waals surface area (Å²) in [7, 11) is 3.88. The number of carbonyl (C=O) groups excluding carboxylic acids is 2. The van der Waals surface area contributed by atoms with Gasteiger partial charge in [-0.25, -0.2) is 4.68 Å². The van der Waals surface area contributed by atoms with Gasteiger partial charge in [0.25, 0.3) is 11.7 Å². The Bertz CT molecular complexity index is 1300. The molecule has 1 aromatic heterocycles. The number of likely N-dealkylation sites (tertiary alicyclic amines) is 1. The molecule has 3 aromatic rings. The number of rotatable bonds is 7. The molecular weight excluding hydrogens is 487 g/mol. The van der Waals surface area contributed by atoms with E-state index in [9.17, 15) is 14.7 Å². The maximum absolute atomic E-state index is 13.2. The van der Waals surface area contributed by atoms with Crippen LogP contribution in [0.4, 0.5) is 0 Å². The number of aliphatic hydroxyl groups is 1. The number of aliphatic hydroxyl groups excluding tert-OH is 1. The quantitative estimate of drug-likeness (QED) is 0.277. The minimum absolute atomic E-state index is 0.00829. The van der Waals surface area contributed by atoms with E-state index < -0.39 is 17.7 Å². The van der Waals surface area contributed by atoms with Crippen molar-refractivity contribution in [2.45, 2.75) is 19.4 Å². The lowest BCUT2D eigenvalue weighted by atomic mass is 9.95. The zero-order valence-corrected chi connectivity index (χ0v) is 21.2. The fraction of sp³-hybridized carbons (Fsp3) is 0.269. The van der Waals surface area contributed by atoms with Gasteiger partial charge in [0.15, 0.2) is 0 Å². The number of hydrogen-bond donors (Lipinski definition) is 1. The van der Waals surface area contributed by atoms with Crippen molar-refractivity contribution in [1.82, 2.24) is 19.6 Å². The maximum Gasteiger partial charge on any atom is 0.295 e. The highest BCUT2D eigenvalue weighted by molar-refractivity contribution is 6.46. The number of halogens is 2. The molecule has 35 heavy (non-hydrogen) atoms. The average molecular weight is 513 g/mol. The van der Waals surface area contributed by atoms with E-state index in [1.807, 2.05) is 49.3 Å². The van der Waals surface area contributed by atoms with Crippen LogP contribution in [-0.4, -0.2) is 63.6 Å². The van der Waals surface area contributed by atoms with Gasteiger partial charge < -0.3 is 14.9 Å². The molecule has 1 aliphatic rings. The summed E-state index contributed by atoms with van der Waals surface area (Å²) in [5.41, 5.74) is 2.44. The number of nitrogens with zero attached hydrogens (tertiary/aromatic N) is 4. The van der Waals surface area contributed by atoms with Crippen LogP contribution in [0.15, 0.2) is 60.3 Å². The van der Waals surface area contributed by atoms with Gasteiger partial charge in [0.2, 0.25) is 0 Å². The molecule has 0 bridgehead atoms. The molecule has 7 nitrogen and oxygen atoms in total. The third kappa shape index (κ3) is 4.85. The van der Waals surface area contributed by atoms with E-state index in [4.69, 9.17) is 23.2 Å². The molecule has 9 heteroatoms. The molecule has 0 radical (unpaired) electrons. The highest BCUT2D eigenvalue weighted by Crippen LogP contribution is 2.41. The number of Topliss-reactive ketones (excluding diaryl/α,β-unsaturated/α-hetero) is 1. The summed E-state index contributed by atoms with van der Waals surface area (Å²) in [6.07, 6.45) is 2.16. The van der Waals surface area contributed by atoms with Gasteiger partial charge in [0.1, 0.15) is 5.76 Å². The Morgan fingerprint density at radius 1 is 1.09 bits per heavy atom. The molecule has 1 fully saturated rings. The number of aromatic nitrogens is 2. The molecule has 0 saturated carbocycles. The number of ketones is 1. The van der Waals surface area contributed by atoms with E-state index in [1.165, 1.54) is 11.1 Å². The van der Waals surface area contributed by atoms with Crippen LogP contribution in [0.25, 0.3) is 11.4 Å². The summed E-state index contributed by atoms with van der Waals surface area (Å²) in [6, 6.07) is 13.6. The molecule has 182 valence electrons. The Kier molecular flexibility index (Phi) is 7.31. The maximum atomic E-state index is 13.2. The summed E-state index contributed by atoms with van der Waals surface area (Å²) in [5, 5.41) is 16.5. The molecule has 0 unspecified atom stereocenters. The topological polar surface area (TPSA) is 78.7 Å². The lowest BCUT2D eigenvalue weighted by molar-refractivity contribution is -0.139. The van der Waals surface area contributed by atoms with Crippen LogP contribution in [0, 0.1) is 6.92 Å². The van der Waals surface area contributed by atoms with Gasteiger partial charge in [-0.2, -0.15) is 5.10 Å². The molecule has 0 spiro atoms. The molecule has 0 aliphatic carbocycles. The predicted octanol–water partition coefficient (Wildman–Crippen LogP) is 4.86. The van der Waals surface area contributed by atoms with Crippen molar-refractivity contribution in [1.29, 1.82) is 0 Å². The SMILES string of the molecule is Cc1c(/C(O)=C2\C(=O)C(=O)N(CCCN(C)C)[C@H]2c2ccc(Cl)c(Cl)c2)cnn1-c1ccccc1. The minimum Gasteiger partial charge on any atom is -0.507 e. The van der Waals surface area contributed by atoms with Crippen LogP contribution >= 0.6 is 23.2 Å². The van der Waals surface area contributed by atoms with Crippen molar-refractivity contribution in [2.24, 2.45) is 0 Å². The largest absolute Gasteiger partial charge is 0.507 e. The fourth-order valence-corrected chi connectivity index (χ4v) is 4.62. The summed E-state index contributed by atoms with van der Waals surface area (Å²) >= 11 is 12.4. The number of benzene rings is 2. The van der Waals surface area contributed by atoms with Crippen LogP contribution in [0.5, 0.6) is 0 Å². The number of amides is 1. The lowest BCUT2D eigenvalue weighted by Crippen LogP contribution is -2.32. The third-order valence-corrected chi connectivity index (χ3v) is 6.81. The molecule has 1 aliphatic heterocycles. The number of para-hydroxylation sites is 1. The first-order chi connectivity index (χ1) is 16.7. The van der Waals surface area contributed by atoms with Crippen LogP contribution in [0.1, 0.15) is 29.3 Å². The first-order valence-corrected chi connectivity index (χ1v) is 11.9. The Morgan fingerprint density at radius 2 is 1.80 bits per heavy atom. The lowest BCUT2D eigenvalue weighted by Gasteiger charge is -2.26. The second-order valence-corrected chi connectivity index (χ2v) is 9.53. The zero-order chi connectivity index (χ0) is 25.3. The molecule has 1 atom stereocenters. The van der Waals surface area contributed by atoms with Crippen molar-refractivity contribution in [2.75, 3.05) is 27.2 Å². The normalized spacial score (nSPS) is 17.5. The number of hydrogen-bond acceptors (Lipinski definition) is 5. The summed E-state index contributed by atoms with van der Waals surface area (Å²) < 4.78 is 1.68. The number of carbonyl (C=O) groups is 2. The highest BCUT2D eigenvalue weighted by atomic mass is 35.5. The second kappa shape index (κ2) is 10.2. The van der Waals surface area contributed by atoms with Gasteiger partial charge in [0, 0.05) is 6.54 Å². The third-order valence-electron chi connectivity index (χ3n) is 6.07. The first kappa shape index (κ1) is 25.0. The van der Waals surface area contributed by atoms with Gasteiger partial charge in [0.05, 0.1) is 44.8 Å². The molecular formula is C26H26Cl2N4O3. The monoisotopic (exact) mass is 512 g/mol. The van der Waals surface area contributed by atoms with Crippen molar-refractivity contribution in [3.8, 4) is 5.69 Å². The van der Waals surface area contributed by atoms with Crippen molar-refractivity contribution in [3.05, 3.63) is 87.2 Å². The summed E-state index contributed by atoms with van der Waals surface area (Å²) in [4.78, 5) is 29.9. The van der Waals surface area contributed by atoms with Gasteiger partial charge in [-0.05, 0) is 63.8 Å². The van der Waals surface area contributed by atoms with E-state index in [2.05, 4.69) is 5.10 Å². The van der Waals surface area contributed by atoms with Crippen molar-refractivity contribution >= 4 is 40.7 Å². The molecule has 2 aromatic carbocycles. The Morgan fingerprint density at radius 3 is 2.46 bits per heavy atom. The molecule has 1 amide bonds. The smallest absolute Gasteiger partial charge is 0.295 e. The molecule has 4 rings (SSSR count). The van der Waals surface area contributed by atoms with Crippen LogP contribution in [0.2, 0.25) is 10.0 Å². The Hall–Kier alpha value is -3.13. The van der Waals surface area contributed by atoms with Gasteiger partial charge in [-0.15, -0.1) is 0 Å². The molecule has 1 N–H and O–H groups in total. The van der Waals surface area contributed by atoms with Gasteiger partial charge in [-0.3, -0.25) is 9.59 Å². The average Bonchev–Trinajstić information content (AvgIpc) is 3.33. The Labute approximate surface area is 214 Å². The standard InChI is InChI=1S/C26H26Cl2N4O3/c1-16-19(15-29-32(16)18-8-5-4-6-9-18)24(33)22-23(17-10-11-20(27)21(28)14-17)31(26(35)25(22)34)13-7-12-30(2)3/h4-6,8-11,14-15,23,33H,7,12-13H2,1-3H3/b24-22+/t23-/m0/s1. The van der Waals surface area contributed by atoms with Crippen LogP contribution in [0.3, 0.4) is 0 Å². The van der Waals surface area contributed by atoms with E-state index in [0.717, 1.165) is 12.2 Å². The summed E-state index contributed by atoms with van der Waals surface area (Å²) in [6.45, 7) is 2.88. The van der Waals surface area contributed by atoms with E-state index >= 15 is 0 Å². The second-order valence-electron chi connectivity index (χ2n) is 8.71. The van der Waals surface area contributed by atoms with E-state index in [0.29, 0.717) is 39.8 Å². The molecule has 2 heterocycles. The molecule has 1 saturated heterocycles. The fourth-order valence-electron chi connectivity index (χ4n) is 4.31. The zero-order valence-electron chi connectivity index (χ0n) is 19.7. The van der Waals surface area contributed by atoms with Crippen LogP contribution in [-0.2, 0) is 9.59 Å². The summed E-state index contributed by atoms with van der Waals surface area (Å²) in [5.74, 6) is -1.67. The van der Waals surface area contributed by atoms with E-state index in [1.54, 1.807) is 29.8 Å². The Balaban J connectivity index is 1.83. The van der Waals surface area contributed by atoms with Crippen molar-refractivity contribution in [3.63, 3.8) is 0 Å². The predicted molar refractivity (Wildman–Crippen MR) is 137 cm³/mol. The highest BCUT2D eigenvalue weighted by Gasteiger charge is 2.46. The minimum atomic E-state index is -0.800. The van der Waals surface area contributed by atoms with Gasteiger partial charge in [-0.1, -0.05) is 47.5 Å². The van der Waals surface area contributed by atoms with Gasteiger partial charge >= 0.3 is 0 Å². The van der Waals surface area contributed by atoms with Crippen LogP contribution < -0.4 is 0 Å². The van der Waals surface area contributed by atoms with Crippen molar-refractivity contribution < 1.29 is 14.7 Å². The first-order valence-electron chi connectivity index (χ1n) is 11.2.